The number of hydrogen-bond acceptors (Lipinski definition) is 7. The van der Waals surface area contributed by atoms with E-state index in [4.69, 9.17) is 10.5 Å². The summed E-state index contributed by atoms with van der Waals surface area (Å²) in [6.45, 7) is 0.711. The fourth-order valence-corrected chi connectivity index (χ4v) is 4.91. The van der Waals surface area contributed by atoms with E-state index in [0.717, 1.165) is 12.3 Å². The van der Waals surface area contributed by atoms with E-state index >= 15 is 0 Å². The number of fused-ring (bicyclic) bond motifs is 1. The van der Waals surface area contributed by atoms with Gasteiger partial charge in [0.15, 0.2) is 23.3 Å². The van der Waals surface area contributed by atoms with Gasteiger partial charge < -0.3 is 20.5 Å². The fourth-order valence-electron chi connectivity index (χ4n) is 3.90. The van der Waals surface area contributed by atoms with Gasteiger partial charge in [0.05, 0.1) is 19.4 Å². The van der Waals surface area contributed by atoms with Crippen molar-refractivity contribution in [3.8, 4) is 5.75 Å². The molecule has 13 heteroatoms. The van der Waals surface area contributed by atoms with Crippen LogP contribution in [0.4, 0.5) is 27.6 Å². The summed E-state index contributed by atoms with van der Waals surface area (Å²) in [7, 11) is 0. The Bertz CT molecular complexity index is 1160. The molecule has 2 atom stereocenters. The SMILES string of the molecule is CC12COCC1(c1cc(NC(=O)c3ncc(OCC(F)(F)F)cc3F)ccc1F)N=C(N)SC2. The van der Waals surface area contributed by atoms with E-state index in [1.807, 2.05) is 6.92 Å². The first-order valence-corrected chi connectivity index (χ1v) is 10.9. The molecule has 0 bridgehead atoms. The van der Waals surface area contributed by atoms with E-state index in [9.17, 15) is 26.7 Å². The average molecular weight is 502 g/mol. The number of thioether (sulfide) groups is 1. The summed E-state index contributed by atoms with van der Waals surface area (Å²) >= 11 is 1.34. The molecule has 1 saturated heterocycles. The molecule has 0 aliphatic carbocycles. The van der Waals surface area contributed by atoms with Crippen molar-refractivity contribution < 1.29 is 36.2 Å². The highest BCUT2D eigenvalue weighted by molar-refractivity contribution is 8.13. The van der Waals surface area contributed by atoms with Gasteiger partial charge in [-0.1, -0.05) is 18.7 Å². The molecule has 7 nitrogen and oxygen atoms in total. The van der Waals surface area contributed by atoms with Crippen molar-refractivity contribution in [1.29, 1.82) is 0 Å². The van der Waals surface area contributed by atoms with Crippen LogP contribution < -0.4 is 15.8 Å². The monoisotopic (exact) mass is 502 g/mol. The number of hydrogen-bond donors (Lipinski definition) is 2. The fraction of sp³-hybridized carbons (Fsp3) is 0.381. The zero-order valence-electron chi connectivity index (χ0n) is 17.7. The number of benzene rings is 1. The zero-order chi connectivity index (χ0) is 24.7. The van der Waals surface area contributed by atoms with Gasteiger partial charge in [0.25, 0.3) is 5.91 Å². The number of nitrogens with two attached hydrogens (primary N) is 1. The van der Waals surface area contributed by atoms with Crippen LogP contribution in [0.2, 0.25) is 0 Å². The van der Waals surface area contributed by atoms with Gasteiger partial charge in [-0.05, 0) is 18.2 Å². The Morgan fingerprint density at radius 3 is 2.74 bits per heavy atom. The average Bonchev–Trinajstić information content (AvgIpc) is 3.10. The topological polar surface area (TPSA) is 98.8 Å². The zero-order valence-corrected chi connectivity index (χ0v) is 18.5. The Labute approximate surface area is 194 Å². The number of anilines is 1. The number of ether oxygens (including phenoxy) is 2. The molecule has 0 spiro atoms. The van der Waals surface area contributed by atoms with Gasteiger partial charge in [0, 0.05) is 28.5 Å². The van der Waals surface area contributed by atoms with Crippen molar-refractivity contribution >= 4 is 28.5 Å². The van der Waals surface area contributed by atoms with Crippen molar-refractivity contribution in [2.24, 2.45) is 16.1 Å². The van der Waals surface area contributed by atoms with E-state index in [0.29, 0.717) is 18.4 Å². The highest BCUT2D eigenvalue weighted by Gasteiger charge is 2.57. The van der Waals surface area contributed by atoms with E-state index in [1.165, 1.54) is 23.9 Å². The number of aliphatic imine (C=N–C) groups is 1. The molecule has 1 aromatic heterocycles. The van der Waals surface area contributed by atoms with Crippen LogP contribution in [0.25, 0.3) is 0 Å². The lowest BCUT2D eigenvalue weighted by Crippen LogP contribution is -2.48. The lowest BCUT2D eigenvalue weighted by atomic mass is 9.70. The first-order chi connectivity index (χ1) is 15.9. The molecule has 3 heterocycles. The maximum absolute atomic E-state index is 15.0. The van der Waals surface area contributed by atoms with Crippen LogP contribution in [0.15, 0.2) is 35.5 Å². The molecule has 0 radical (unpaired) electrons. The van der Waals surface area contributed by atoms with Gasteiger partial charge >= 0.3 is 6.18 Å². The molecule has 1 amide bonds. The molecule has 2 unspecified atom stereocenters. The maximum Gasteiger partial charge on any atom is 0.422 e. The van der Waals surface area contributed by atoms with Crippen LogP contribution >= 0.6 is 11.8 Å². The minimum absolute atomic E-state index is 0.0919. The number of pyridine rings is 1. The highest BCUT2D eigenvalue weighted by Crippen LogP contribution is 2.53. The minimum Gasteiger partial charge on any atom is -0.482 e. The van der Waals surface area contributed by atoms with Crippen molar-refractivity contribution in [2.45, 2.75) is 18.6 Å². The summed E-state index contributed by atoms with van der Waals surface area (Å²) in [6.07, 6.45) is -3.81. The second kappa shape index (κ2) is 8.69. The normalized spacial score (nSPS) is 24.4. The number of carbonyl (C=O) groups is 1. The number of alkyl halides is 3. The lowest BCUT2D eigenvalue weighted by molar-refractivity contribution is -0.153. The molecule has 1 fully saturated rings. The third-order valence-corrected chi connectivity index (χ3v) is 6.84. The lowest BCUT2D eigenvalue weighted by Gasteiger charge is -2.42. The van der Waals surface area contributed by atoms with Crippen molar-refractivity contribution in [2.75, 3.05) is 30.9 Å². The van der Waals surface area contributed by atoms with E-state index in [-0.39, 0.29) is 23.0 Å². The number of amidine groups is 1. The van der Waals surface area contributed by atoms with Crippen LogP contribution in [0.3, 0.4) is 0 Å². The highest BCUT2D eigenvalue weighted by atomic mass is 32.2. The van der Waals surface area contributed by atoms with Crippen LogP contribution in [0.1, 0.15) is 23.0 Å². The van der Waals surface area contributed by atoms with Crippen molar-refractivity contribution in [3.63, 3.8) is 0 Å². The van der Waals surface area contributed by atoms with Crippen LogP contribution in [-0.2, 0) is 10.3 Å². The Kier molecular flexibility index (Phi) is 6.19. The molecule has 3 N–H and O–H groups in total. The number of rotatable bonds is 5. The second-order valence-electron chi connectivity index (χ2n) is 8.21. The molecular weight excluding hydrogens is 483 g/mol. The van der Waals surface area contributed by atoms with Crippen LogP contribution in [-0.4, -0.2) is 47.8 Å². The smallest absolute Gasteiger partial charge is 0.422 e. The minimum atomic E-state index is -4.61. The van der Waals surface area contributed by atoms with Gasteiger partial charge in [-0.15, -0.1) is 0 Å². The van der Waals surface area contributed by atoms with Gasteiger partial charge in [-0.3, -0.25) is 4.79 Å². The summed E-state index contributed by atoms with van der Waals surface area (Å²) < 4.78 is 76.1. The number of nitrogens with zero attached hydrogens (tertiary/aromatic N) is 2. The third kappa shape index (κ3) is 4.53. The summed E-state index contributed by atoms with van der Waals surface area (Å²) in [4.78, 5) is 20.7. The molecular formula is C21H19F5N4O3S. The predicted octanol–water partition coefficient (Wildman–Crippen LogP) is 3.85. The molecule has 2 aromatic rings. The molecule has 0 saturated carbocycles. The van der Waals surface area contributed by atoms with Gasteiger partial charge in [0.1, 0.15) is 17.1 Å². The molecule has 1 aromatic carbocycles. The van der Waals surface area contributed by atoms with E-state index in [1.54, 1.807) is 0 Å². The Morgan fingerprint density at radius 1 is 1.26 bits per heavy atom. The third-order valence-electron chi connectivity index (χ3n) is 5.67. The number of aromatic nitrogens is 1. The number of carbonyl (C=O) groups excluding carboxylic acids is 1. The molecule has 2 aliphatic rings. The van der Waals surface area contributed by atoms with E-state index < -0.39 is 52.7 Å². The van der Waals surface area contributed by atoms with Crippen LogP contribution in [0, 0.1) is 17.0 Å². The molecule has 182 valence electrons. The van der Waals surface area contributed by atoms with Gasteiger partial charge in [0.2, 0.25) is 0 Å². The standard InChI is InChI=1S/C21H19F5N4O3S/c1-19-7-32-8-20(19,30-18(27)34-10-19)13-4-11(2-3-14(13)22)29-17(31)16-15(23)5-12(6-28-16)33-9-21(24,25)26/h2-6H,7-10H2,1H3,(H2,27,30)(H,29,31). The first-order valence-electron chi connectivity index (χ1n) is 9.95. The Hall–Kier alpha value is -2.93. The Balaban J connectivity index is 1.59. The summed E-state index contributed by atoms with van der Waals surface area (Å²) in [6, 6.07) is 4.43. The van der Waals surface area contributed by atoms with Gasteiger partial charge in [-0.25, -0.2) is 18.8 Å². The number of amides is 1. The van der Waals surface area contributed by atoms with Crippen molar-refractivity contribution in [1.82, 2.24) is 4.98 Å². The number of nitrogens with one attached hydrogen (secondary N) is 1. The molecule has 4 rings (SSSR count). The van der Waals surface area contributed by atoms with Crippen molar-refractivity contribution in [3.05, 3.63) is 53.4 Å². The maximum atomic E-state index is 15.0. The first kappa shape index (κ1) is 24.2. The molecule has 34 heavy (non-hydrogen) atoms. The quantitative estimate of drug-likeness (QED) is 0.603. The van der Waals surface area contributed by atoms with E-state index in [2.05, 4.69) is 20.0 Å². The summed E-state index contributed by atoms with van der Waals surface area (Å²) in [5, 5.41) is 2.71. The second-order valence-corrected chi connectivity index (χ2v) is 9.20. The number of halogens is 5. The molecule has 2 aliphatic heterocycles. The van der Waals surface area contributed by atoms with Crippen LogP contribution in [0.5, 0.6) is 5.75 Å². The van der Waals surface area contributed by atoms with Gasteiger partial charge in [-0.2, -0.15) is 13.2 Å². The Morgan fingerprint density at radius 2 is 2.03 bits per heavy atom. The largest absolute Gasteiger partial charge is 0.482 e. The summed E-state index contributed by atoms with van der Waals surface area (Å²) in [5.74, 6) is -2.68. The summed E-state index contributed by atoms with van der Waals surface area (Å²) in [5.41, 5.74) is 3.91. The predicted molar refractivity (Wildman–Crippen MR) is 115 cm³/mol.